The van der Waals surface area contributed by atoms with Crippen LogP contribution in [-0.2, 0) is 11.3 Å². The smallest absolute Gasteiger partial charge is 0.356 e. The summed E-state index contributed by atoms with van der Waals surface area (Å²) in [6.45, 7) is 0.0530. The summed E-state index contributed by atoms with van der Waals surface area (Å²) in [5, 5.41) is 12.1. The summed E-state index contributed by atoms with van der Waals surface area (Å²) >= 11 is 0. The second-order valence-corrected chi connectivity index (χ2v) is 2.02. The summed E-state index contributed by atoms with van der Waals surface area (Å²) in [5.41, 5.74) is 0.291. The molecule has 0 fully saturated rings. The predicted octanol–water partition coefficient (Wildman–Crippen LogP) is 0.193. The highest BCUT2D eigenvalue weighted by Crippen LogP contribution is 1.99. The molecule has 12 heavy (non-hydrogen) atoms. The summed E-state index contributed by atoms with van der Waals surface area (Å²) < 4.78 is 5.76. The van der Waals surface area contributed by atoms with Crippen LogP contribution in [-0.4, -0.2) is 22.9 Å². The number of nitriles is 1. The van der Waals surface area contributed by atoms with Gasteiger partial charge in [-0.2, -0.15) is 10.4 Å². The maximum absolute atomic E-state index is 11.0. The largest absolute Gasteiger partial charge is 0.464 e. The molecule has 0 saturated carbocycles. The number of hydrogen-bond acceptors (Lipinski definition) is 4. The molecule has 1 rings (SSSR count). The summed E-state index contributed by atoms with van der Waals surface area (Å²) in [4.78, 5) is 11.0. The van der Waals surface area contributed by atoms with Crippen LogP contribution in [0.2, 0.25) is 0 Å². The molecule has 1 aromatic rings. The molecule has 0 N–H and O–H groups in total. The van der Waals surface area contributed by atoms with E-state index in [0.717, 1.165) is 0 Å². The van der Waals surface area contributed by atoms with Gasteiger partial charge in [-0.25, -0.2) is 9.48 Å². The first-order valence-electron chi connectivity index (χ1n) is 3.26. The lowest BCUT2D eigenvalue weighted by molar-refractivity contribution is 0.0587. The van der Waals surface area contributed by atoms with Gasteiger partial charge in [-0.1, -0.05) is 0 Å². The van der Waals surface area contributed by atoms with Gasteiger partial charge in [0.05, 0.1) is 13.2 Å². The molecule has 0 saturated heterocycles. The summed E-state index contributed by atoms with van der Waals surface area (Å²) in [7, 11) is 1.28. The maximum Gasteiger partial charge on any atom is 0.356 e. The van der Waals surface area contributed by atoms with Crippen molar-refractivity contribution in [2.75, 3.05) is 7.11 Å². The average Bonchev–Trinajstić information content (AvgIpc) is 2.52. The number of carbonyl (C=O) groups excluding carboxylic acids is 1. The van der Waals surface area contributed by atoms with Gasteiger partial charge in [0.2, 0.25) is 0 Å². The van der Waals surface area contributed by atoms with Crippen LogP contribution in [0, 0.1) is 11.3 Å². The number of nitrogens with zero attached hydrogens (tertiary/aromatic N) is 3. The molecule has 0 bridgehead atoms. The Morgan fingerprint density at radius 2 is 2.67 bits per heavy atom. The van der Waals surface area contributed by atoms with Crippen molar-refractivity contribution in [2.24, 2.45) is 0 Å². The first-order chi connectivity index (χ1) is 5.79. The molecule has 0 spiro atoms. The molecule has 0 unspecified atom stereocenters. The second kappa shape index (κ2) is 3.53. The van der Waals surface area contributed by atoms with Crippen LogP contribution < -0.4 is 0 Å². The van der Waals surface area contributed by atoms with E-state index in [4.69, 9.17) is 5.26 Å². The zero-order valence-corrected chi connectivity index (χ0v) is 6.52. The van der Waals surface area contributed by atoms with Crippen LogP contribution in [0.4, 0.5) is 0 Å². The van der Waals surface area contributed by atoms with Crippen molar-refractivity contribution in [2.45, 2.75) is 6.54 Å². The van der Waals surface area contributed by atoms with Crippen molar-refractivity contribution in [1.29, 1.82) is 5.26 Å². The Labute approximate surface area is 69.2 Å². The SMILES string of the molecule is COC(=O)c1ccnn1CC#N. The monoisotopic (exact) mass is 165 g/mol. The van der Waals surface area contributed by atoms with Crippen molar-refractivity contribution >= 4 is 5.97 Å². The standard InChI is InChI=1S/C7H7N3O2/c1-12-7(11)6-2-4-9-10(6)5-3-8/h2,4H,5H2,1H3. The van der Waals surface area contributed by atoms with Crippen LogP contribution in [0.15, 0.2) is 12.3 Å². The Kier molecular flexibility index (Phi) is 2.43. The molecular weight excluding hydrogens is 158 g/mol. The minimum absolute atomic E-state index is 0.0530. The van der Waals surface area contributed by atoms with Gasteiger partial charge in [-0.15, -0.1) is 0 Å². The van der Waals surface area contributed by atoms with E-state index in [1.165, 1.54) is 24.1 Å². The topological polar surface area (TPSA) is 67.9 Å². The number of hydrogen-bond donors (Lipinski definition) is 0. The summed E-state index contributed by atoms with van der Waals surface area (Å²) in [6.07, 6.45) is 1.45. The normalized spacial score (nSPS) is 9.00. The highest BCUT2D eigenvalue weighted by Gasteiger charge is 2.10. The van der Waals surface area contributed by atoms with Gasteiger partial charge in [0.15, 0.2) is 0 Å². The van der Waals surface area contributed by atoms with Crippen LogP contribution in [0.1, 0.15) is 10.5 Å². The molecule has 0 aliphatic heterocycles. The number of carbonyl (C=O) groups is 1. The number of methoxy groups -OCH3 is 1. The molecule has 0 atom stereocenters. The fourth-order valence-corrected chi connectivity index (χ4v) is 0.804. The Morgan fingerprint density at radius 1 is 1.92 bits per heavy atom. The number of rotatable bonds is 2. The highest BCUT2D eigenvalue weighted by atomic mass is 16.5. The molecule has 0 aliphatic rings. The van der Waals surface area contributed by atoms with Gasteiger partial charge in [-0.3, -0.25) is 0 Å². The van der Waals surface area contributed by atoms with Crippen LogP contribution in [0.25, 0.3) is 0 Å². The average molecular weight is 165 g/mol. The number of ether oxygens (including phenoxy) is 1. The van der Waals surface area contributed by atoms with Gasteiger partial charge in [0.1, 0.15) is 12.2 Å². The Bertz CT molecular complexity index is 324. The van der Waals surface area contributed by atoms with Gasteiger partial charge < -0.3 is 4.74 Å². The van der Waals surface area contributed by atoms with E-state index in [9.17, 15) is 4.79 Å². The third-order valence-electron chi connectivity index (χ3n) is 1.33. The van der Waals surface area contributed by atoms with Crippen LogP contribution >= 0.6 is 0 Å². The minimum atomic E-state index is -0.484. The second-order valence-electron chi connectivity index (χ2n) is 2.02. The minimum Gasteiger partial charge on any atom is -0.464 e. The molecule has 0 amide bonds. The molecule has 1 aromatic heterocycles. The van der Waals surface area contributed by atoms with Crippen LogP contribution in [0.3, 0.4) is 0 Å². The zero-order valence-electron chi connectivity index (χ0n) is 6.52. The van der Waals surface area contributed by atoms with E-state index in [2.05, 4.69) is 9.84 Å². The van der Waals surface area contributed by atoms with E-state index in [1.54, 1.807) is 0 Å². The molecule has 0 aromatic carbocycles. The first-order valence-corrected chi connectivity index (χ1v) is 3.26. The molecule has 5 heteroatoms. The van der Waals surface area contributed by atoms with Crippen molar-refractivity contribution in [3.05, 3.63) is 18.0 Å². The predicted molar refractivity (Wildman–Crippen MR) is 39.2 cm³/mol. The molecule has 62 valence electrons. The fraction of sp³-hybridized carbons (Fsp3) is 0.286. The Hall–Kier alpha value is -1.83. The number of esters is 1. The first kappa shape index (κ1) is 8.27. The molecule has 1 heterocycles. The molecule has 0 radical (unpaired) electrons. The Balaban J connectivity index is 2.92. The van der Waals surface area contributed by atoms with E-state index >= 15 is 0 Å². The van der Waals surface area contributed by atoms with Crippen molar-refractivity contribution < 1.29 is 9.53 Å². The third kappa shape index (κ3) is 1.42. The van der Waals surface area contributed by atoms with Gasteiger partial charge >= 0.3 is 5.97 Å². The molecular formula is C7H7N3O2. The van der Waals surface area contributed by atoms with Crippen LogP contribution in [0.5, 0.6) is 0 Å². The van der Waals surface area contributed by atoms with E-state index in [1.807, 2.05) is 6.07 Å². The van der Waals surface area contributed by atoms with E-state index < -0.39 is 5.97 Å². The molecule has 0 aliphatic carbocycles. The maximum atomic E-state index is 11.0. The quantitative estimate of drug-likeness (QED) is 0.587. The third-order valence-corrected chi connectivity index (χ3v) is 1.33. The van der Waals surface area contributed by atoms with Gasteiger partial charge in [0.25, 0.3) is 0 Å². The van der Waals surface area contributed by atoms with E-state index in [0.29, 0.717) is 5.69 Å². The lowest BCUT2D eigenvalue weighted by Crippen LogP contribution is -2.11. The van der Waals surface area contributed by atoms with Crippen molar-refractivity contribution in [1.82, 2.24) is 9.78 Å². The Morgan fingerprint density at radius 3 is 3.25 bits per heavy atom. The highest BCUT2D eigenvalue weighted by molar-refractivity contribution is 5.87. The lowest BCUT2D eigenvalue weighted by Gasteiger charge is -1.99. The van der Waals surface area contributed by atoms with Crippen molar-refractivity contribution in [3.8, 4) is 6.07 Å². The zero-order chi connectivity index (χ0) is 8.97. The fourth-order valence-electron chi connectivity index (χ4n) is 0.804. The molecule has 5 nitrogen and oxygen atoms in total. The summed E-state index contributed by atoms with van der Waals surface area (Å²) in [6, 6.07) is 3.39. The summed E-state index contributed by atoms with van der Waals surface area (Å²) in [5.74, 6) is -0.484. The van der Waals surface area contributed by atoms with E-state index in [-0.39, 0.29) is 6.54 Å². The number of aromatic nitrogens is 2. The van der Waals surface area contributed by atoms with Gasteiger partial charge in [-0.05, 0) is 6.07 Å². The van der Waals surface area contributed by atoms with Gasteiger partial charge in [0, 0.05) is 6.20 Å². The lowest BCUT2D eigenvalue weighted by atomic mass is 10.4. The van der Waals surface area contributed by atoms with Crippen molar-refractivity contribution in [3.63, 3.8) is 0 Å².